The molecule has 0 bridgehead atoms. The van der Waals surface area contributed by atoms with Gasteiger partial charge in [-0.05, 0) is 56.0 Å². The van der Waals surface area contributed by atoms with Gasteiger partial charge in [-0.25, -0.2) is 13.4 Å². The van der Waals surface area contributed by atoms with E-state index in [4.69, 9.17) is 0 Å². The van der Waals surface area contributed by atoms with Crippen LogP contribution in [-0.4, -0.2) is 41.9 Å². The summed E-state index contributed by atoms with van der Waals surface area (Å²) in [5, 5.41) is 2.85. The van der Waals surface area contributed by atoms with Gasteiger partial charge in [0.15, 0.2) is 0 Å². The molecule has 3 rings (SSSR count). The van der Waals surface area contributed by atoms with E-state index in [1.807, 2.05) is 42.0 Å². The molecule has 0 aliphatic carbocycles. The Labute approximate surface area is 187 Å². The van der Waals surface area contributed by atoms with Gasteiger partial charge in [-0.15, -0.1) is 0 Å². The number of fused-ring (bicyclic) bond motifs is 1. The average Bonchev–Trinajstić information content (AvgIpc) is 3.08. The number of aromatic nitrogens is 2. The zero-order valence-electron chi connectivity index (χ0n) is 18.0. The quantitative estimate of drug-likeness (QED) is 0.480. The molecule has 3 aromatic rings. The van der Waals surface area contributed by atoms with Crippen molar-refractivity contribution in [1.82, 2.24) is 14.3 Å². The Morgan fingerprint density at radius 3 is 2.55 bits per heavy atom. The minimum Gasteiger partial charge on any atom is -0.310 e. The van der Waals surface area contributed by atoms with E-state index >= 15 is 0 Å². The maximum atomic E-state index is 13.1. The highest BCUT2D eigenvalue weighted by atomic mass is 32.2. The first-order valence-corrected chi connectivity index (χ1v) is 13.1. The number of nitrogens with one attached hydrogen (secondary N) is 2. The van der Waals surface area contributed by atoms with Crippen LogP contribution in [0.3, 0.4) is 0 Å². The fourth-order valence-corrected chi connectivity index (χ4v) is 4.97. The minimum atomic E-state index is -3.84. The molecule has 1 unspecified atom stereocenters. The van der Waals surface area contributed by atoms with Crippen molar-refractivity contribution in [2.24, 2.45) is 0 Å². The summed E-state index contributed by atoms with van der Waals surface area (Å²) in [6.45, 7) is 4.64. The summed E-state index contributed by atoms with van der Waals surface area (Å²) in [4.78, 5) is 17.8. The molecule has 1 amide bonds. The topological polar surface area (TPSA) is 93.1 Å². The van der Waals surface area contributed by atoms with Crippen molar-refractivity contribution in [1.29, 1.82) is 0 Å². The number of carbonyl (C=O) groups is 1. The van der Waals surface area contributed by atoms with Gasteiger partial charge in [0.2, 0.25) is 21.9 Å². The second-order valence-corrected chi connectivity index (χ2v) is 10.0. The lowest BCUT2D eigenvalue weighted by Gasteiger charge is -2.18. The number of sulfonamides is 1. The lowest BCUT2D eigenvalue weighted by molar-refractivity contribution is -0.117. The largest absolute Gasteiger partial charge is 0.310 e. The molecule has 0 saturated heterocycles. The molecule has 0 fully saturated rings. The van der Waals surface area contributed by atoms with E-state index in [2.05, 4.69) is 21.9 Å². The molecule has 9 heteroatoms. The van der Waals surface area contributed by atoms with Crippen molar-refractivity contribution < 1.29 is 13.2 Å². The highest BCUT2D eigenvalue weighted by Crippen LogP contribution is 2.21. The van der Waals surface area contributed by atoms with Crippen LogP contribution in [0.1, 0.15) is 25.3 Å². The molecular formula is C22H28N4O3S2. The monoisotopic (exact) mass is 460 g/mol. The van der Waals surface area contributed by atoms with Crippen molar-refractivity contribution in [2.45, 2.75) is 44.2 Å². The number of hydrogen-bond acceptors (Lipinski definition) is 5. The van der Waals surface area contributed by atoms with Gasteiger partial charge in [-0.3, -0.25) is 10.1 Å². The summed E-state index contributed by atoms with van der Waals surface area (Å²) in [5.41, 5.74) is 2.68. The standard InChI is InChI=1S/C22H28N4O3S2/c1-4-14-26-20-8-6-5-7-18(20)23-22(26)24-21(27)19(13-15-30-3)25-31(28,29)17-11-9-16(2)10-12-17/h5-12,19,25H,4,13-15H2,1-3H3,(H,23,24,27). The summed E-state index contributed by atoms with van der Waals surface area (Å²) in [6.07, 6.45) is 3.16. The Balaban J connectivity index is 1.86. The van der Waals surface area contributed by atoms with Crippen molar-refractivity contribution in [3.63, 3.8) is 0 Å². The van der Waals surface area contributed by atoms with Gasteiger partial charge in [0.05, 0.1) is 15.9 Å². The third kappa shape index (κ3) is 5.66. The zero-order chi connectivity index (χ0) is 22.4. The minimum absolute atomic E-state index is 0.137. The van der Waals surface area contributed by atoms with Crippen molar-refractivity contribution in [3.05, 3.63) is 54.1 Å². The van der Waals surface area contributed by atoms with Gasteiger partial charge in [0, 0.05) is 6.54 Å². The number of amides is 1. The van der Waals surface area contributed by atoms with Gasteiger partial charge < -0.3 is 4.57 Å². The number of nitrogens with zero attached hydrogens (tertiary/aromatic N) is 2. The first-order valence-electron chi connectivity index (χ1n) is 10.2. The maximum Gasteiger partial charge on any atom is 0.244 e. The number of para-hydroxylation sites is 2. The van der Waals surface area contributed by atoms with Crippen LogP contribution in [-0.2, 0) is 21.4 Å². The second-order valence-electron chi connectivity index (χ2n) is 7.33. The Morgan fingerprint density at radius 1 is 1.16 bits per heavy atom. The second kappa shape index (κ2) is 10.3. The predicted molar refractivity (Wildman–Crippen MR) is 127 cm³/mol. The normalized spacial score (nSPS) is 12.7. The summed E-state index contributed by atoms with van der Waals surface area (Å²) in [5.74, 6) is 0.647. The maximum absolute atomic E-state index is 13.1. The van der Waals surface area contributed by atoms with Gasteiger partial charge in [-0.2, -0.15) is 16.5 Å². The van der Waals surface area contributed by atoms with E-state index in [9.17, 15) is 13.2 Å². The number of aryl methyl sites for hydroxylation is 2. The number of hydrogen-bond donors (Lipinski definition) is 2. The van der Waals surface area contributed by atoms with Crippen molar-refractivity contribution in [3.8, 4) is 0 Å². The lowest BCUT2D eigenvalue weighted by atomic mass is 10.2. The Hall–Kier alpha value is -2.36. The molecule has 1 aromatic heterocycles. The molecule has 7 nitrogen and oxygen atoms in total. The Morgan fingerprint density at radius 2 is 1.87 bits per heavy atom. The third-order valence-electron chi connectivity index (χ3n) is 4.89. The van der Waals surface area contributed by atoms with Crippen LogP contribution in [0.2, 0.25) is 0 Å². The number of thioether (sulfide) groups is 1. The number of carbonyl (C=O) groups excluding carboxylic acids is 1. The van der Waals surface area contributed by atoms with Crippen LogP contribution in [0.4, 0.5) is 5.95 Å². The molecule has 0 radical (unpaired) electrons. The molecule has 1 heterocycles. The number of anilines is 1. The van der Waals surface area contributed by atoms with Gasteiger partial charge in [0.25, 0.3) is 0 Å². The highest BCUT2D eigenvalue weighted by molar-refractivity contribution is 7.98. The van der Waals surface area contributed by atoms with Crippen molar-refractivity contribution >= 4 is 44.7 Å². The molecule has 0 spiro atoms. The highest BCUT2D eigenvalue weighted by Gasteiger charge is 2.27. The van der Waals surface area contributed by atoms with Crippen molar-refractivity contribution in [2.75, 3.05) is 17.3 Å². The van der Waals surface area contributed by atoms with Crippen LogP contribution >= 0.6 is 11.8 Å². The summed E-state index contributed by atoms with van der Waals surface area (Å²) < 4.78 is 30.3. The van der Waals surface area contributed by atoms with E-state index in [0.29, 0.717) is 24.7 Å². The Bertz CT molecular complexity index is 1140. The number of rotatable bonds is 10. The smallest absolute Gasteiger partial charge is 0.244 e. The van der Waals surface area contributed by atoms with E-state index in [1.54, 1.807) is 36.0 Å². The first kappa shape index (κ1) is 23.3. The van der Waals surface area contributed by atoms with E-state index in [0.717, 1.165) is 23.0 Å². The average molecular weight is 461 g/mol. The molecule has 31 heavy (non-hydrogen) atoms. The molecule has 2 aromatic carbocycles. The van der Waals surface area contributed by atoms with E-state index in [-0.39, 0.29) is 4.90 Å². The van der Waals surface area contributed by atoms with Crippen LogP contribution in [0.25, 0.3) is 11.0 Å². The summed E-state index contributed by atoms with van der Waals surface area (Å²) in [7, 11) is -3.84. The molecule has 0 saturated carbocycles. The molecule has 0 aliphatic heterocycles. The fraction of sp³-hybridized carbons (Fsp3) is 0.364. The number of benzene rings is 2. The fourth-order valence-electron chi connectivity index (χ4n) is 3.27. The summed E-state index contributed by atoms with van der Waals surface area (Å²) in [6, 6.07) is 13.3. The Kier molecular flexibility index (Phi) is 7.74. The zero-order valence-corrected chi connectivity index (χ0v) is 19.6. The number of imidazole rings is 1. The van der Waals surface area contributed by atoms with Crippen LogP contribution in [0.5, 0.6) is 0 Å². The van der Waals surface area contributed by atoms with Gasteiger partial charge in [-0.1, -0.05) is 36.8 Å². The first-order chi connectivity index (χ1) is 14.9. The lowest BCUT2D eigenvalue weighted by Crippen LogP contribution is -2.44. The van der Waals surface area contributed by atoms with Crippen LogP contribution in [0.15, 0.2) is 53.4 Å². The van der Waals surface area contributed by atoms with E-state index in [1.165, 1.54) is 0 Å². The summed E-state index contributed by atoms with van der Waals surface area (Å²) >= 11 is 1.56. The molecule has 1 atom stereocenters. The van der Waals surface area contributed by atoms with Crippen LogP contribution in [0, 0.1) is 6.92 Å². The molecule has 2 N–H and O–H groups in total. The molecule has 0 aliphatic rings. The molecule has 166 valence electrons. The molecular weight excluding hydrogens is 432 g/mol. The van der Waals surface area contributed by atoms with Gasteiger partial charge in [0.1, 0.15) is 6.04 Å². The predicted octanol–water partition coefficient (Wildman–Crippen LogP) is 3.79. The third-order valence-corrected chi connectivity index (χ3v) is 7.02. The van der Waals surface area contributed by atoms with Gasteiger partial charge >= 0.3 is 0 Å². The SMILES string of the molecule is CCCn1c(NC(=O)C(CCSC)NS(=O)(=O)c2ccc(C)cc2)nc2ccccc21. The van der Waals surface area contributed by atoms with E-state index < -0.39 is 22.0 Å². The van der Waals surface area contributed by atoms with Crippen LogP contribution < -0.4 is 10.0 Å².